The first-order chi connectivity index (χ1) is 7.43. The van der Waals surface area contributed by atoms with E-state index in [0.29, 0.717) is 19.5 Å². The number of carbonyl (C=O) groups excluding carboxylic acids is 2. The van der Waals surface area contributed by atoms with E-state index in [1.165, 1.54) is 0 Å². The molecule has 2 heterocycles. The molecule has 2 saturated heterocycles. The fraction of sp³-hybridized carbons (Fsp3) is 0.818. The van der Waals surface area contributed by atoms with Crippen LogP contribution in [0.25, 0.3) is 0 Å². The van der Waals surface area contributed by atoms with Gasteiger partial charge < -0.3 is 16.0 Å². The van der Waals surface area contributed by atoms with E-state index in [9.17, 15) is 9.59 Å². The standard InChI is InChI=1S/C11H19N3O2/c1-7(2)9(12)10(16)14-4-3-11(6-14)5-8(15)13-11/h7,9H,3-6,12H2,1-2H3,(H,13,15)/t9-,11-/m1/s1. The van der Waals surface area contributed by atoms with Crippen LogP contribution in [0.3, 0.4) is 0 Å². The fourth-order valence-electron chi connectivity index (χ4n) is 2.39. The van der Waals surface area contributed by atoms with Crippen LogP contribution in [0.5, 0.6) is 0 Å². The van der Waals surface area contributed by atoms with Gasteiger partial charge in [0.25, 0.3) is 0 Å². The van der Waals surface area contributed by atoms with Gasteiger partial charge in [-0.2, -0.15) is 0 Å². The minimum Gasteiger partial charge on any atom is -0.348 e. The quantitative estimate of drug-likeness (QED) is 0.620. The Morgan fingerprint density at radius 1 is 1.56 bits per heavy atom. The summed E-state index contributed by atoms with van der Waals surface area (Å²) < 4.78 is 0. The summed E-state index contributed by atoms with van der Waals surface area (Å²) in [7, 11) is 0. The molecule has 0 saturated carbocycles. The van der Waals surface area contributed by atoms with Crippen LogP contribution in [0.2, 0.25) is 0 Å². The lowest BCUT2D eigenvalue weighted by Crippen LogP contribution is -2.62. The van der Waals surface area contributed by atoms with Gasteiger partial charge in [0.15, 0.2) is 0 Å². The highest BCUT2D eigenvalue weighted by molar-refractivity contribution is 5.87. The van der Waals surface area contributed by atoms with Gasteiger partial charge >= 0.3 is 0 Å². The summed E-state index contributed by atoms with van der Waals surface area (Å²) in [6.07, 6.45) is 1.41. The number of carbonyl (C=O) groups is 2. The lowest BCUT2D eigenvalue weighted by molar-refractivity contribution is -0.136. The van der Waals surface area contributed by atoms with Crippen LogP contribution >= 0.6 is 0 Å². The molecular formula is C11H19N3O2. The average molecular weight is 225 g/mol. The number of rotatable bonds is 2. The van der Waals surface area contributed by atoms with Gasteiger partial charge in [0.2, 0.25) is 11.8 Å². The van der Waals surface area contributed by atoms with E-state index in [0.717, 1.165) is 6.42 Å². The molecule has 1 spiro atoms. The van der Waals surface area contributed by atoms with E-state index in [1.54, 1.807) is 4.90 Å². The molecule has 0 aromatic rings. The highest BCUT2D eigenvalue weighted by Gasteiger charge is 2.49. The molecule has 5 nitrogen and oxygen atoms in total. The first-order valence-electron chi connectivity index (χ1n) is 5.79. The predicted octanol–water partition coefficient (Wildman–Crippen LogP) is -0.539. The smallest absolute Gasteiger partial charge is 0.239 e. The molecule has 16 heavy (non-hydrogen) atoms. The van der Waals surface area contributed by atoms with Gasteiger partial charge in [0, 0.05) is 13.1 Å². The molecular weight excluding hydrogens is 206 g/mol. The normalized spacial score (nSPS) is 30.5. The van der Waals surface area contributed by atoms with Gasteiger partial charge in [-0.25, -0.2) is 0 Å². The van der Waals surface area contributed by atoms with Gasteiger partial charge in [-0.1, -0.05) is 13.8 Å². The second-order valence-corrected chi connectivity index (χ2v) is 5.28. The Kier molecular flexibility index (Phi) is 2.66. The van der Waals surface area contributed by atoms with Crippen molar-refractivity contribution in [3.05, 3.63) is 0 Å². The number of hydrogen-bond donors (Lipinski definition) is 2. The number of nitrogens with zero attached hydrogens (tertiary/aromatic N) is 1. The van der Waals surface area contributed by atoms with E-state index in [-0.39, 0.29) is 23.3 Å². The van der Waals surface area contributed by atoms with Crippen molar-refractivity contribution in [3.63, 3.8) is 0 Å². The van der Waals surface area contributed by atoms with Crippen LogP contribution < -0.4 is 11.1 Å². The Labute approximate surface area is 95.3 Å². The molecule has 0 unspecified atom stereocenters. The van der Waals surface area contributed by atoms with Crippen molar-refractivity contribution >= 4 is 11.8 Å². The molecule has 3 N–H and O–H groups in total. The summed E-state index contributed by atoms with van der Waals surface area (Å²) in [5.74, 6) is 0.246. The van der Waals surface area contributed by atoms with Crippen LogP contribution in [0.4, 0.5) is 0 Å². The molecule has 2 rings (SSSR count). The summed E-state index contributed by atoms with van der Waals surface area (Å²) in [4.78, 5) is 24.7. The molecule has 90 valence electrons. The number of amides is 2. The summed E-state index contributed by atoms with van der Waals surface area (Å²) in [6.45, 7) is 5.22. The molecule has 0 radical (unpaired) electrons. The largest absolute Gasteiger partial charge is 0.348 e. The molecule has 2 aliphatic heterocycles. The van der Waals surface area contributed by atoms with Gasteiger partial charge in [0.05, 0.1) is 18.0 Å². The van der Waals surface area contributed by atoms with Crippen LogP contribution in [0.15, 0.2) is 0 Å². The number of likely N-dealkylation sites (tertiary alicyclic amines) is 1. The van der Waals surface area contributed by atoms with E-state index >= 15 is 0 Å². The third kappa shape index (κ3) is 1.80. The monoisotopic (exact) mass is 225 g/mol. The molecule has 0 bridgehead atoms. The molecule has 2 fully saturated rings. The maximum Gasteiger partial charge on any atom is 0.239 e. The lowest BCUT2D eigenvalue weighted by Gasteiger charge is -2.38. The SMILES string of the molecule is CC(C)[C@@H](N)C(=O)N1CC[C@@]2(CC(=O)N2)C1. The van der Waals surface area contributed by atoms with Crippen molar-refractivity contribution < 1.29 is 9.59 Å². The minimum absolute atomic E-state index is 0.00743. The highest BCUT2D eigenvalue weighted by Crippen LogP contribution is 2.31. The number of nitrogens with two attached hydrogens (primary N) is 1. The van der Waals surface area contributed by atoms with Crippen LogP contribution in [-0.4, -0.2) is 41.4 Å². The zero-order valence-corrected chi connectivity index (χ0v) is 9.82. The molecule has 5 heteroatoms. The molecule has 2 atom stereocenters. The van der Waals surface area contributed by atoms with Crippen molar-refractivity contribution in [3.8, 4) is 0 Å². The molecule has 0 aromatic carbocycles. The summed E-state index contributed by atoms with van der Waals surface area (Å²) in [5.41, 5.74) is 5.70. The van der Waals surface area contributed by atoms with E-state index in [2.05, 4.69) is 5.32 Å². The Hall–Kier alpha value is -1.10. The molecule has 0 aromatic heterocycles. The second kappa shape index (κ2) is 3.73. The first kappa shape index (κ1) is 11.4. The van der Waals surface area contributed by atoms with E-state index in [4.69, 9.17) is 5.73 Å². The maximum atomic E-state index is 12.0. The summed E-state index contributed by atoms with van der Waals surface area (Å²) >= 11 is 0. The topological polar surface area (TPSA) is 75.4 Å². The van der Waals surface area contributed by atoms with Gasteiger partial charge in [0.1, 0.15) is 0 Å². The zero-order chi connectivity index (χ0) is 11.9. The number of nitrogens with one attached hydrogen (secondary N) is 1. The van der Waals surface area contributed by atoms with Crippen LogP contribution in [-0.2, 0) is 9.59 Å². The van der Waals surface area contributed by atoms with Gasteiger partial charge in [-0.15, -0.1) is 0 Å². The third-order valence-electron chi connectivity index (χ3n) is 3.57. The predicted molar refractivity (Wildman–Crippen MR) is 59.5 cm³/mol. The minimum atomic E-state index is -0.425. The molecule has 0 aliphatic carbocycles. The van der Waals surface area contributed by atoms with Gasteiger partial charge in [-0.3, -0.25) is 9.59 Å². The van der Waals surface area contributed by atoms with E-state index < -0.39 is 6.04 Å². The summed E-state index contributed by atoms with van der Waals surface area (Å²) in [6, 6.07) is -0.425. The maximum absolute atomic E-state index is 12.0. The Bertz CT molecular complexity index is 319. The van der Waals surface area contributed by atoms with E-state index in [1.807, 2.05) is 13.8 Å². The van der Waals surface area contributed by atoms with Crippen molar-refractivity contribution in [2.45, 2.75) is 38.3 Å². The van der Waals surface area contributed by atoms with Crippen molar-refractivity contribution in [1.29, 1.82) is 0 Å². The van der Waals surface area contributed by atoms with Gasteiger partial charge in [-0.05, 0) is 12.3 Å². The average Bonchev–Trinajstić information content (AvgIpc) is 2.60. The van der Waals surface area contributed by atoms with Crippen LogP contribution in [0, 0.1) is 5.92 Å². The molecule has 2 amide bonds. The third-order valence-corrected chi connectivity index (χ3v) is 3.57. The lowest BCUT2D eigenvalue weighted by atomic mass is 9.86. The Morgan fingerprint density at radius 2 is 2.19 bits per heavy atom. The second-order valence-electron chi connectivity index (χ2n) is 5.28. The first-order valence-corrected chi connectivity index (χ1v) is 5.79. The zero-order valence-electron chi connectivity index (χ0n) is 9.82. The van der Waals surface area contributed by atoms with Crippen molar-refractivity contribution in [1.82, 2.24) is 10.2 Å². The van der Waals surface area contributed by atoms with Crippen molar-refractivity contribution in [2.75, 3.05) is 13.1 Å². The molecule has 2 aliphatic rings. The van der Waals surface area contributed by atoms with Crippen molar-refractivity contribution in [2.24, 2.45) is 11.7 Å². The van der Waals surface area contributed by atoms with Crippen LogP contribution in [0.1, 0.15) is 26.7 Å². The number of β-lactam (4-membered cyclic amide) rings is 1. The number of hydrogen-bond acceptors (Lipinski definition) is 3. The Morgan fingerprint density at radius 3 is 2.69 bits per heavy atom. The fourth-order valence-corrected chi connectivity index (χ4v) is 2.39. The highest BCUT2D eigenvalue weighted by atomic mass is 16.2. The Balaban J connectivity index is 1.94. The summed E-state index contributed by atoms with van der Waals surface area (Å²) in [5, 5.41) is 2.90.